The van der Waals surface area contributed by atoms with E-state index in [0.717, 1.165) is 47.2 Å². The van der Waals surface area contributed by atoms with Crippen LogP contribution in [0.15, 0.2) is 63.8 Å². The summed E-state index contributed by atoms with van der Waals surface area (Å²) in [5.74, 6) is -2.66. The van der Waals surface area contributed by atoms with E-state index in [1.165, 1.54) is 10.6 Å². The van der Waals surface area contributed by atoms with Gasteiger partial charge in [-0.2, -0.15) is 0 Å². The Morgan fingerprint density at radius 3 is 2.39 bits per heavy atom. The molecular formula is C24H18F2N2O3. The lowest BCUT2D eigenvalue weighted by atomic mass is 9.96. The molecule has 1 fully saturated rings. The molecule has 1 aliphatic rings. The number of amides is 1. The predicted molar refractivity (Wildman–Crippen MR) is 113 cm³/mol. The highest BCUT2D eigenvalue weighted by molar-refractivity contribution is 6.04. The highest BCUT2D eigenvalue weighted by Crippen LogP contribution is 2.45. The molecule has 0 unspecified atom stereocenters. The van der Waals surface area contributed by atoms with E-state index in [2.05, 4.69) is 5.32 Å². The molecule has 156 valence electrons. The van der Waals surface area contributed by atoms with Crippen molar-refractivity contribution in [3.8, 4) is 11.1 Å². The summed E-state index contributed by atoms with van der Waals surface area (Å²) in [4.78, 5) is 24.2. The lowest BCUT2D eigenvalue weighted by Crippen LogP contribution is -2.15. The quantitative estimate of drug-likeness (QED) is 0.493. The molecule has 5 nitrogen and oxygen atoms in total. The number of oxazole rings is 1. The number of benzene rings is 3. The third kappa shape index (κ3) is 3.42. The number of anilines is 1. The SMILES string of the molecule is Cn1c(=O)oc2cc(-c3ccc(NC(=O)c4c(F)cccc4F)cc3)c(C3CC3)cc21. The molecule has 0 aliphatic heterocycles. The number of aryl methyl sites for hydroxylation is 1. The maximum absolute atomic E-state index is 13.8. The number of fused-ring (bicyclic) bond motifs is 1. The van der Waals surface area contributed by atoms with Crippen molar-refractivity contribution >= 4 is 22.7 Å². The Bertz CT molecular complexity index is 1360. The Labute approximate surface area is 175 Å². The van der Waals surface area contributed by atoms with Gasteiger partial charge in [0.15, 0.2) is 5.58 Å². The number of aromatic nitrogens is 1. The van der Waals surface area contributed by atoms with Crippen molar-refractivity contribution in [1.29, 1.82) is 0 Å². The number of rotatable bonds is 4. The molecule has 0 radical (unpaired) electrons. The summed E-state index contributed by atoms with van der Waals surface area (Å²) in [6.07, 6.45) is 2.18. The maximum atomic E-state index is 13.8. The second kappa shape index (κ2) is 7.19. The van der Waals surface area contributed by atoms with Gasteiger partial charge < -0.3 is 9.73 Å². The smallest absolute Gasteiger partial charge is 0.408 e. The Balaban J connectivity index is 1.48. The molecule has 1 saturated carbocycles. The number of nitrogens with one attached hydrogen (secondary N) is 1. The van der Waals surface area contributed by atoms with E-state index in [0.29, 0.717) is 17.2 Å². The minimum atomic E-state index is -0.916. The van der Waals surface area contributed by atoms with Crippen molar-refractivity contribution in [2.24, 2.45) is 7.05 Å². The summed E-state index contributed by atoms with van der Waals surface area (Å²) >= 11 is 0. The van der Waals surface area contributed by atoms with Crippen molar-refractivity contribution in [2.75, 3.05) is 5.32 Å². The van der Waals surface area contributed by atoms with Gasteiger partial charge in [-0.1, -0.05) is 18.2 Å². The molecule has 0 saturated heterocycles. The van der Waals surface area contributed by atoms with E-state index >= 15 is 0 Å². The molecule has 5 rings (SSSR count). The van der Waals surface area contributed by atoms with Gasteiger partial charge in [-0.25, -0.2) is 13.6 Å². The Hall–Kier alpha value is -3.74. The first-order valence-electron chi connectivity index (χ1n) is 9.91. The summed E-state index contributed by atoms with van der Waals surface area (Å²) in [6.45, 7) is 0. The van der Waals surface area contributed by atoms with Crippen molar-refractivity contribution in [3.63, 3.8) is 0 Å². The van der Waals surface area contributed by atoms with E-state index in [1.807, 2.05) is 24.3 Å². The van der Waals surface area contributed by atoms with E-state index in [-0.39, 0.29) is 0 Å². The monoisotopic (exact) mass is 420 g/mol. The third-order valence-corrected chi connectivity index (χ3v) is 5.62. The van der Waals surface area contributed by atoms with Gasteiger partial charge in [0, 0.05) is 12.7 Å². The Morgan fingerprint density at radius 1 is 1.06 bits per heavy atom. The van der Waals surface area contributed by atoms with Crippen LogP contribution in [0, 0.1) is 11.6 Å². The van der Waals surface area contributed by atoms with E-state index in [4.69, 9.17) is 4.42 Å². The minimum absolute atomic E-state index is 0.410. The van der Waals surface area contributed by atoms with Gasteiger partial charge in [0.25, 0.3) is 5.91 Å². The summed E-state index contributed by atoms with van der Waals surface area (Å²) in [6, 6.07) is 14.2. The number of hydrogen-bond acceptors (Lipinski definition) is 3. The zero-order valence-corrected chi connectivity index (χ0v) is 16.6. The largest absolute Gasteiger partial charge is 0.419 e. The van der Waals surface area contributed by atoms with Gasteiger partial charge in [-0.05, 0) is 71.8 Å². The van der Waals surface area contributed by atoms with Crippen molar-refractivity contribution in [2.45, 2.75) is 18.8 Å². The van der Waals surface area contributed by atoms with Crippen LogP contribution in [0.3, 0.4) is 0 Å². The molecule has 3 aromatic carbocycles. The summed E-state index contributed by atoms with van der Waals surface area (Å²) in [5, 5.41) is 2.53. The van der Waals surface area contributed by atoms with Crippen molar-refractivity contribution < 1.29 is 18.0 Å². The second-order valence-electron chi connectivity index (χ2n) is 7.74. The molecule has 0 bridgehead atoms. The number of carbonyl (C=O) groups is 1. The topological polar surface area (TPSA) is 64.2 Å². The van der Waals surface area contributed by atoms with Crippen LogP contribution in [0.5, 0.6) is 0 Å². The van der Waals surface area contributed by atoms with Crippen molar-refractivity contribution in [1.82, 2.24) is 4.57 Å². The first-order valence-corrected chi connectivity index (χ1v) is 9.91. The van der Waals surface area contributed by atoms with Crippen LogP contribution in [-0.4, -0.2) is 10.5 Å². The molecule has 1 aromatic heterocycles. The van der Waals surface area contributed by atoms with Gasteiger partial charge in [-0.15, -0.1) is 0 Å². The van der Waals surface area contributed by atoms with Crippen LogP contribution >= 0.6 is 0 Å². The number of halogens is 2. The lowest BCUT2D eigenvalue weighted by Gasteiger charge is -2.11. The lowest BCUT2D eigenvalue weighted by molar-refractivity contribution is 0.101. The van der Waals surface area contributed by atoms with Crippen LogP contribution in [0.1, 0.15) is 34.7 Å². The molecule has 31 heavy (non-hydrogen) atoms. The fourth-order valence-electron chi connectivity index (χ4n) is 3.81. The molecule has 0 atom stereocenters. The van der Waals surface area contributed by atoms with Crippen LogP contribution in [0.25, 0.3) is 22.2 Å². The Kier molecular flexibility index (Phi) is 4.46. The molecule has 7 heteroatoms. The summed E-state index contributed by atoms with van der Waals surface area (Å²) < 4.78 is 34.5. The molecular weight excluding hydrogens is 402 g/mol. The second-order valence-corrected chi connectivity index (χ2v) is 7.74. The molecule has 1 N–H and O–H groups in total. The standard InChI is InChI=1S/C24H18F2N2O3/c1-28-20-11-16(13-5-6-13)17(12-21(20)31-24(28)30)14-7-9-15(10-8-14)27-23(29)22-18(25)3-2-4-19(22)26/h2-4,7-13H,5-6H2,1H3,(H,27,29). The van der Waals surface area contributed by atoms with Gasteiger partial charge in [0.05, 0.1) is 5.52 Å². The fourth-order valence-corrected chi connectivity index (χ4v) is 3.81. The maximum Gasteiger partial charge on any atom is 0.419 e. The first-order chi connectivity index (χ1) is 14.9. The molecule has 1 amide bonds. The molecule has 0 spiro atoms. The zero-order valence-electron chi connectivity index (χ0n) is 16.6. The van der Waals surface area contributed by atoms with Gasteiger partial charge >= 0.3 is 5.76 Å². The highest BCUT2D eigenvalue weighted by Gasteiger charge is 2.28. The molecule has 4 aromatic rings. The van der Waals surface area contributed by atoms with Gasteiger partial charge in [0.2, 0.25) is 0 Å². The van der Waals surface area contributed by atoms with Crippen molar-refractivity contribution in [3.05, 3.63) is 87.9 Å². The minimum Gasteiger partial charge on any atom is -0.408 e. The average molecular weight is 420 g/mol. The summed E-state index contributed by atoms with van der Waals surface area (Å²) in [7, 11) is 1.68. The number of nitrogens with zero attached hydrogens (tertiary/aromatic N) is 1. The van der Waals surface area contributed by atoms with Crippen LogP contribution in [-0.2, 0) is 7.05 Å². The van der Waals surface area contributed by atoms with E-state index in [9.17, 15) is 18.4 Å². The fraction of sp³-hybridized carbons (Fsp3) is 0.167. The van der Waals surface area contributed by atoms with Gasteiger partial charge in [0.1, 0.15) is 17.2 Å². The normalized spacial score (nSPS) is 13.5. The van der Waals surface area contributed by atoms with E-state index < -0.39 is 28.9 Å². The van der Waals surface area contributed by atoms with E-state index in [1.54, 1.807) is 19.2 Å². The molecule has 1 aliphatic carbocycles. The van der Waals surface area contributed by atoms with Crippen LogP contribution in [0.2, 0.25) is 0 Å². The third-order valence-electron chi connectivity index (χ3n) is 5.62. The average Bonchev–Trinajstić information content (AvgIpc) is 3.54. The zero-order chi connectivity index (χ0) is 21.7. The predicted octanol–water partition coefficient (Wildman–Crippen LogP) is 5.21. The number of carbonyl (C=O) groups excluding carboxylic acids is 1. The van der Waals surface area contributed by atoms with Crippen LogP contribution < -0.4 is 11.1 Å². The highest BCUT2D eigenvalue weighted by atomic mass is 19.1. The van der Waals surface area contributed by atoms with Crippen LogP contribution in [0.4, 0.5) is 14.5 Å². The van der Waals surface area contributed by atoms with Gasteiger partial charge in [-0.3, -0.25) is 9.36 Å². The summed E-state index contributed by atoms with van der Waals surface area (Å²) in [5.41, 5.74) is 4.07. The first kappa shape index (κ1) is 19.2. The molecule has 1 heterocycles. The Morgan fingerprint density at radius 2 is 1.74 bits per heavy atom. The number of hydrogen-bond donors (Lipinski definition) is 1.